The quantitative estimate of drug-likeness (QED) is 0.484. The number of hydrogen-bond acceptors (Lipinski definition) is 2. The summed E-state index contributed by atoms with van der Waals surface area (Å²) in [6.07, 6.45) is 1.48. The summed E-state index contributed by atoms with van der Waals surface area (Å²) in [5.74, 6) is -0.291. The van der Waals surface area contributed by atoms with Crippen LogP contribution < -0.4 is 5.43 Å². The summed E-state index contributed by atoms with van der Waals surface area (Å²) in [5.41, 5.74) is 5.84. The smallest absolute Gasteiger partial charge is 0.267 e. The van der Waals surface area contributed by atoms with Crippen LogP contribution in [0.3, 0.4) is 0 Å². The molecule has 3 aromatic rings. The van der Waals surface area contributed by atoms with Crippen LogP contribution in [0.1, 0.15) is 15.9 Å². The molecule has 0 radical (unpaired) electrons. The van der Waals surface area contributed by atoms with Crippen molar-refractivity contribution < 1.29 is 4.79 Å². The van der Waals surface area contributed by atoms with Crippen LogP contribution >= 0.6 is 23.2 Å². The second-order valence-electron chi connectivity index (χ2n) is 5.31. The zero-order chi connectivity index (χ0) is 17.6. The first-order chi connectivity index (χ1) is 12.1. The summed E-state index contributed by atoms with van der Waals surface area (Å²) in [4.78, 5) is 12.1. The predicted molar refractivity (Wildman–Crippen MR) is 103 cm³/mol. The van der Waals surface area contributed by atoms with Crippen molar-refractivity contribution in [3.05, 3.63) is 94.0 Å². The number of hydrazone groups is 1. The van der Waals surface area contributed by atoms with Crippen molar-refractivity contribution in [1.82, 2.24) is 5.43 Å². The van der Waals surface area contributed by atoms with E-state index >= 15 is 0 Å². The lowest BCUT2D eigenvalue weighted by atomic mass is 10.0. The molecule has 5 heteroatoms. The minimum atomic E-state index is -0.291. The molecule has 0 aliphatic heterocycles. The Kier molecular flexibility index (Phi) is 5.49. The van der Waals surface area contributed by atoms with E-state index in [4.69, 9.17) is 23.2 Å². The molecular weight excluding hydrogens is 355 g/mol. The van der Waals surface area contributed by atoms with Crippen molar-refractivity contribution in [2.75, 3.05) is 0 Å². The van der Waals surface area contributed by atoms with Gasteiger partial charge in [-0.1, -0.05) is 71.7 Å². The largest absolute Gasteiger partial charge is 0.271 e. The van der Waals surface area contributed by atoms with Crippen LogP contribution in [0.4, 0.5) is 0 Å². The van der Waals surface area contributed by atoms with E-state index in [0.717, 1.165) is 11.1 Å². The zero-order valence-electron chi connectivity index (χ0n) is 13.1. The van der Waals surface area contributed by atoms with Crippen LogP contribution in [0.2, 0.25) is 10.0 Å². The molecule has 3 aromatic carbocycles. The van der Waals surface area contributed by atoms with Crippen LogP contribution in [0.25, 0.3) is 11.1 Å². The second-order valence-corrected chi connectivity index (χ2v) is 6.15. The monoisotopic (exact) mass is 368 g/mol. The number of nitrogens with zero attached hydrogens (tertiary/aromatic N) is 1. The van der Waals surface area contributed by atoms with Gasteiger partial charge in [0.2, 0.25) is 0 Å². The third-order valence-corrected chi connectivity index (χ3v) is 4.15. The number of nitrogens with one attached hydrogen (secondary N) is 1. The van der Waals surface area contributed by atoms with E-state index in [-0.39, 0.29) is 5.91 Å². The Hall–Kier alpha value is -2.62. The minimum Gasteiger partial charge on any atom is -0.267 e. The molecule has 0 atom stereocenters. The average Bonchev–Trinajstić information content (AvgIpc) is 2.64. The van der Waals surface area contributed by atoms with Crippen molar-refractivity contribution in [2.45, 2.75) is 0 Å². The third-order valence-electron chi connectivity index (χ3n) is 3.59. The maximum atomic E-state index is 12.1. The summed E-state index contributed by atoms with van der Waals surface area (Å²) in [7, 11) is 0. The molecule has 0 unspecified atom stereocenters. The first-order valence-electron chi connectivity index (χ1n) is 7.57. The Morgan fingerprint density at radius 3 is 2.24 bits per heavy atom. The number of benzene rings is 3. The summed E-state index contributed by atoms with van der Waals surface area (Å²) < 4.78 is 0. The number of carbonyl (C=O) groups is 1. The van der Waals surface area contributed by atoms with Gasteiger partial charge in [-0.2, -0.15) is 5.10 Å². The maximum Gasteiger partial charge on any atom is 0.271 e. The van der Waals surface area contributed by atoms with Gasteiger partial charge in [0.1, 0.15) is 0 Å². The molecule has 0 aliphatic rings. The summed E-state index contributed by atoms with van der Waals surface area (Å²) in [6.45, 7) is 0. The highest BCUT2D eigenvalue weighted by Crippen LogP contribution is 2.20. The first kappa shape index (κ1) is 17.2. The van der Waals surface area contributed by atoms with Gasteiger partial charge >= 0.3 is 0 Å². The highest BCUT2D eigenvalue weighted by Gasteiger charge is 2.05. The number of rotatable bonds is 4. The molecule has 124 valence electrons. The Labute approximate surface area is 155 Å². The predicted octanol–water partition coefficient (Wildman–Crippen LogP) is 5.42. The second kappa shape index (κ2) is 7.97. The molecule has 0 spiro atoms. The Morgan fingerprint density at radius 2 is 1.56 bits per heavy atom. The molecule has 1 amide bonds. The lowest BCUT2D eigenvalue weighted by molar-refractivity contribution is 0.0955. The van der Waals surface area contributed by atoms with Gasteiger partial charge in [-0.05, 0) is 35.4 Å². The van der Waals surface area contributed by atoms with Gasteiger partial charge in [-0.15, -0.1) is 0 Å². The van der Waals surface area contributed by atoms with Gasteiger partial charge in [0.15, 0.2) is 0 Å². The standard InChI is InChI=1S/C20H14Cl2N2O/c21-18-11-10-17(19(22)12-18)13-23-24-20(25)16-8-6-15(7-9-16)14-4-2-1-3-5-14/h1-13H,(H,24,25). The van der Waals surface area contributed by atoms with Gasteiger partial charge in [-0.25, -0.2) is 5.43 Å². The Balaban J connectivity index is 1.66. The summed E-state index contributed by atoms with van der Waals surface area (Å²) >= 11 is 11.9. The van der Waals surface area contributed by atoms with Crippen molar-refractivity contribution in [1.29, 1.82) is 0 Å². The molecule has 0 aromatic heterocycles. The molecule has 0 aliphatic carbocycles. The molecule has 0 fully saturated rings. The van der Waals surface area contributed by atoms with Crippen LogP contribution in [0.15, 0.2) is 77.9 Å². The van der Waals surface area contributed by atoms with Gasteiger partial charge in [-0.3, -0.25) is 4.79 Å². The van der Waals surface area contributed by atoms with E-state index < -0.39 is 0 Å². The maximum absolute atomic E-state index is 12.1. The molecule has 3 nitrogen and oxygen atoms in total. The molecule has 3 rings (SSSR count). The lowest BCUT2D eigenvalue weighted by Crippen LogP contribution is -2.17. The molecule has 0 saturated carbocycles. The first-order valence-corrected chi connectivity index (χ1v) is 8.33. The fourth-order valence-corrected chi connectivity index (χ4v) is 2.73. The van der Waals surface area contributed by atoms with Crippen LogP contribution in [0, 0.1) is 0 Å². The SMILES string of the molecule is O=C(NN=Cc1ccc(Cl)cc1Cl)c1ccc(-c2ccccc2)cc1. The summed E-state index contributed by atoms with van der Waals surface area (Å²) in [5, 5.41) is 4.95. The molecule has 0 heterocycles. The van der Waals surface area contributed by atoms with Crippen molar-refractivity contribution in [2.24, 2.45) is 5.10 Å². The summed E-state index contributed by atoms with van der Waals surface area (Å²) in [6, 6.07) is 22.4. The van der Waals surface area contributed by atoms with E-state index in [9.17, 15) is 4.79 Å². The van der Waals surface area contributed by atoms with E-state index in [0.29, 0.717) is 21.2 Å². The van der Waals surface area contributed by atoms with E-state index in [1.807, 2.05) is 42.5 Å². The van der Waals surface area contributed by atoms with Crippen molar-refractivity contribution in [3.63, 3.8) is 0 Å². The minimum absolute atomic E-state index is 0.291. The van der Waals surface area contributed by atoms with E-state index in [1.165, 1.54) is 6.21 Å². The topological polar surface area (TPSA) is 41.5 Å². The Morgan fingerprint density at radius 1 is 0.880 bits per heavy atom. The van der Waals surface area contributed by atoms with Gasteiger partial charge in [0.05, 0.1) is 11.2 Å². The lowest BCUT2D eigenvalue weighted by Gasteiger charge is -2.04. The number of halogens is 2. The number of amides is 1. The molecular formula is C20H14Cl2N2O. The highest BCUT2D eigenvalue weighted by molar-refractivity contribution is 6.36. The van der Waals surface area contributed by atoms with Gasteiger partial charge in [0.25, 0.3) is 5.91 Å². The fourth-order valence-electron chi connectivity index (χ4n) is 2.28. The van der Waals surface area contributed by atoms with Crippen LogP contribution in [0.5, 0.6) is 0 Å². The van der Waals surface area contributed by atoms with E-state index in [1.54, 1.807) is 30.3 Å². The van der Waals surface area contributed by atoms with Crippen LogP contribution in [-0.2, 0) is 0 Å². The van der Waals surface area contributed by atoms with Gasteiger partial charge in [0, 0.05) is 16.1 Å². The number of hydrogen-bond donors (Lipinski definition) is 1. The normalized spacial score (nSPS) is 10.8. The fraction of sp³-hybridized carbons (Fsp3) is 0. The molecule has 0 bridgehead atoms. The average molecular weight is 369 g/mol. The Bertz CT molecular complexity index is 907. The number of carbonyl (C=O) groups excluding carboxylic acids is 1. The molecule has 25 heavy (non-hydrogen) atoms. The van der Waals surface area contributed by atoms with Crippen molar-refractivity contribution >= 4 is 35.3 Å². The van der Waals surface area contributed by atoms with Crippen LogP contribution in [-0.4, -0.2) is 12.1 Å². The molecule has 0 saturated heterocycles. The van der Waals surface area contributed by atoms with Gasteiger partial charge < -0.3 is 0 Å². The van der Waals surface area contributed by atoms with E-state index in [2.05, 4.69) is 10.5 Å². The highest BCUT2D eigenvalue weighted by atomic mass is 35.5. The molecule has 1 N–H and O–H groups in total. The third kappa shape index (κ3) is 4.47. The zero-order valence-corrected chi connectivity index (χ0v) is 14.6. The van der Waals surface area contributed by atoms with Crippen molar-refractivity contribution in [3.8, 4) is 11.1 Å².